The Kier molecular flexibility index (Phi) is 4.25. The van der Waals surface area contributed by atoms with E-state index in [2.05, 4.69) is 22.2 Å². The van der Waals surface area contributed by atoms with Gasteiger partial charge in [-0.25, -0.2) is 9.97 Å². The predicted molar refractivity (Wildman–Crippen MR) is 95.0 cm³/mol. The summed E-state index contributed by atoms with van der Waals surface area (Å²) in [6, 6.07) is 7.65. The van der Waals surface area contributed by atoms with Crippen LogP contribution in [0, 0.1) is 6.92 Å². The zero-order valence-electron chi connectivity index (χ0n) is 13.1. The Morgan fingerprint density at radius 3 is 2.91 bits per heavy atom. The van der Waals surface area contributed by atoms with Crippen LogP contribution < -0.4 is 11.1 Å². The van der Waals surface area contributed by atoms with Gasteiger partial charge in [0.1, 0.15) is 15.5 Å². The van der Waals surface area contributed by atoms with Crippen molar-refractivity contribution in [3.63, 3.8) is 0 Å². The average Bonchev–Trinajstić information content (AvgIpc) is 2.86. The number of fused-ring (bicyclic) bond motifs is 1. The summed E-state index contributed by atoms with van der Waals surface area (Å²) < 4.78 is 0. The number of nitrogens with two attached hydrogens (primary N) is 1. The quantitative estimate of drug-likeness (QED) is 0.764. The molecule has 0 aliphatic heterocycles. The van der Waals surface area contributed by atoms with Crippen LogP contribution in [0.1, 0.15) is 34.3 Å². The second kappa shape index (κ2) is 6.34. The van der Waals surface area contributed by atoms with E-state index >= 15 is 0 Å². The molecule has 0 bridgehead atoms. The van der Waals surface area contributed by atoms with Gasteiger partial charge in [-0.15, -0.1) is 11.3 Å². The summed E-state index contributed by atoms with van der Waals surface area (Å²) in [6.07, 6.45) is 3.60. The van der Waals surface area contributed by atoms with Gasteiger partial charge in [0.05, 0.1) is 5.69 Å². The van der Waals surface area contributed by atoms with Crippen LogP contribution in [-0.2, 0) is 6.42 Å². The second-order valence-electron chi connectivity index (χ2n) is 5.37. The van der Waals surface area contributed by atoms with Crippen molar-refractivity contribution in [2.45, 2.75) is 26.7 Å². The lowest BCUT2D eigenvalue weighted by Gasteiger charge is -2.05. The Morgan fingerprint density at radius 1 is 1.35 bits per heavy atom. The van der Waals surface area contributed by atoms with Crippen LogP contribution in [-0.4, -0.2) is 15.9 Å². The Bertz CT molecular complexity index is 872. The number of amides is 1. The van der Waals surface area contributed by atoms with Crippen LogP contribution in [0.2, 0.25) is 0 Å². The molecule has 3 aromatic heterocycles. The van der Waals surface area contributed by atoms with Crippen molar-refractivity contribution >= 4 is 39.0 Å². The van der Waals surface area contributed by atoms with Gasteiger partial charge >= 0.3 is 0 Å². The van der Waals surface area contributed by atoms with E-state index in [1.807, 2.05) is 31.2 Å². The van der Waals surface area contributed by atoms with Crippen molar-refractivity contribution in [2.75, 3.05) is 11.1 Å². The number of anilines is 2. The third-order valence-electron chi connectivity index (χ3n) is 3.61. The number of pyridine rings is 2. The number of hydrogen-bond donors (Lipinski definition) is 2. The highest BCUT2D eigenvalue weighted by atomic mass is 32.1. The standard InChI is InChI=1S/C17H18N4OS/c1-3-5-11-7-8-12-13(18)14(23-17(12)20-11)16(22)21-15-10(2)6-4-9-19-15/h4,6-9H,3,5,18H2,1-2H3,(H,19,21,22). The van der Waals surface area contributed by atoms with Gasteiger partial charge < -0.3 is 11.1 Å². The summed E-state index contributed by atoms with van der Waals surface area (Å²) >= 11 is 1.32. The molecule has 0 unspecified atom stereocenters. The number of nitrogens with one attached hydrogen (secondary N) is 1. The lowest BCUT2D eigenvalue weighted by molar-refractivity contribution is 0.103. The fourth-order valence-corrected chi connectivity index (χ4v) is 3.39. The molecule has 0 aliphatic carbocycles. The molecule has 6 heteroatoms. The highest BCUT2D eigenvalue weighted by Crippen LogP contribution is 2.33. The zero-order valence-corrected chi connectivity index (χ0v) is 13.9. The molecule has 0 atom stereocenters. The largest absolute Gasteiger partial charge is 0.397 e. The van der Waals surface area contributed by atoms with Crippen LogP contribution >= 0.6 is 11.3 Å². The molecule has 1 amide bonds. The van der Waals surface area contributed by atoms with Crippen LogP contribution in [0.5, 0.6) is 0 Å². The SMILES string of the molecule is CCCc1ccc2c(N)c(C(=O)Nc3ncccc3C)sc2n1. The molecule has 23 heavy (non-hydrogen) atoms. The first-order valence-corrected chi connectivity index (χ1v) is 8.32. The molecule has 3 heterocycles. The third-order valence-corrected chi connectivity index (χ3v) is 4.72. The van der Waals surface area contributed by atoms with Crippen LogP contribution in [0.15, 0.2) is 30.5 Å². The van der Waals surface area contributed by atoms with E-state index in [1.165, 1.54) is 11.3 Å². The molecule has 5 nitrogen and oxygen atoms in total. The van der Waals surface area contributed by atoms with Crippen molar-refractivity contribution in [3.8, 4) is 0 Å². The second-order valence-corrected chi connectivity index (χ2v) is 6.37. The smallest absolute Gasteiger partial charge is 0.269 e. The maximum Gasteiger partial charge on any atom is 0.269 e. The van der Waals surface area contributed by atoms with Gasteiger partial charge in [0, 0.05) is 17.3 Å². The summed E-state index contributed by atoms with van der Waals surface area (Å²) in [7, 11) is 0. The molecule has 3 N–H and O–H groups in total. The van der Waals surface area contributed by atoms with E-state index in [1.54, 1.807) is 6.20 Å². The van der Waals surface area contributed by atoms with Crippen molar-refractivity contribution in [1.29, 1.82) is 0 Å². The summed E-state index contributed by atoms with van der Waals surface area (Å²) in [4.78, 5) is 22.6. The maximum absolute atomic E-state index is 12.5. The molecule has 0 radical (unpaired) electrons. The van der Waals surface area contributed by atoms with Crippen molar-refractivity contribution < 1.29 is 4.79 Å². The van der Waals surface area contributed by atoms with Gasteiger partial charge in [-0.05, 0) is 37.1 Å². The summed E-state index contributed by atoms with van der Waals surface area (Å²) in [6.45, 7) is 4.01. The van der Waals surface area contributed by atoms with Gasteiger partial charge in [-0.1, -0.05) is 19.4 Å². The predicted octanol–water partition coefficient (Wildman–Crippen LogP) is 3.79. The van der Waals surface area contributed by atoms with Gasteiger partial charge in [0.25, 0.3) is 5.91 Å². The summed E-state index contributed by atoms with van der Waals surface area (Å²) in [5.41, 5.74) is 8.55. The van der Waals surface area contributed by atoms with Crippen LogP contribution in [0.3, 0.4) is 0 Å². The first-order valence-electron chi connectivity index (χ1n) is 7.51. The van der Waals surface area contributed by atoms with E-state index < -0.39 is 0 Å². The normalized spacial score (nSPS) is 10.9. The number of nitrogen functional groups attached to an aromatic ring is 1. The third kappa shape index (κ3) is 3.03. The molecule has 3 aromatic rings. The topological polar surface area (TPSA) is 80.9 Å². The number of aryl methyl sites for hydroxylation is 2. The molecule has 118 valence electrons. The van der Waals surface area contributed by atoms with Crippen molar-refractivity contribution in [3.05, 3.63) is 46.6 Å². The Labute approximate surface area is 138 Å². The zero-order chi connectivity index (χ0) is 16.4. The highest BCUT2D eigenvalue weighted by molar-refractivity contribution is 7.21. The number of rotatable bonds is 4. The van der Waals surface area contributed by atoms with Crippen molar-refractivity contribution in [2.24, 2.45) is 0 Å². The molecule has 0 aliphatic rings. The minimum Gasteiger partial charge on any atom is -0.397 e. The number of carbonyl (C=O) groups excluding carboxylic acids is 1. The highest BCUT2D eigenvalue weighted by Gasteiger charge is 2.18. The van der Waals surface area contributed by atoms with E-state index in [0.717, 1.165) is 34.3 Å². The van der Waals surface area contributed by atoms with E-state index in [-0.39, 0.29) is 5.91 Å². The monoisotopic (exact) mass is 326 g/mol. The summed E-state index contributed by atoms with van der Waals surface area (Å²) in [5.74, 6) is 0.304. The number of carbonyl (C=O) groups is 1. The fraction of sp³-hybridized carbons (Fsp3) is 0.235. The first-order chi connectivity index (χ1) is 11.1. The van der Waals surface area contributed by atoms with E-state index in [4.69, 9.17) is 5.73 Å². The number of aromatic nitrogens is 2. The number of hydrogen-bond acceptors (Lipinski definition) is 5. The molecule has 0 saturated heterocycles. The van der Waals surface area contributed by atoms with E-state index in [9.17, 15) is 4.79 Å². The Balaban J connectivity index is 1.94. The molecule has 3 rings (SSSR count). The minimum atomic E-state index is -0.246. The average molecular weight is 326 g/mol. The van der Waals surface area contributed by atoms with Gasteiger partial charge in [0.15, 0.2) is 0 Å². The number of nitrogens with zero attached hydrogens (tertiary/aromatic N) is 2. The minimum absolute atomic E-state index is 0.246. The molecule has 0 saturated carbocycles. The van der Waals surface area contributed by atoms with Gasteiger partial charge in [0.2, 0.25) is 0 Å². The fourth-order valence-electron chi connectivity index (χ4n) is 2.38. The maximum atomic E-state index is 12.5. The molecule has 0 spiro atoms. The first kappa shape index (κ1) is 15.4. The van der Waals surface area contributed by atoms with Crippen LogP contribution in [0.4, 0.5) is 11.5 Å². The van der Waals surface area contributed by atoms with Crippen molar-refractivity contribution in [1.82, 2.24) is 9.97 Å². The summed E-state index contributed by atoms with van der Waals surface area (Å²) in [5, 5.41) is 3.65. The number of thiophene rings is 1. The van der Waals surface area contributed by atoms with Gasteiger partial charge in [-0.2, -0.15) is 0 Å². The van der Waals surface area contributed by atoms with Gasteiger partial charge in [-0.3, -0.25) is 4.79 Å². The Morgan fingerprint density at radius 2 is 2.17 bits per heavy atom. The molecular formula is C17H18N4OS. The molecule has 0 aromatic carbocycles. The Hall–Kier alpha value is -2.47. The van der Waals surface area contributed by atoms with E-state index in [0.29, 0.717) is 16.4 Å². The van der Waals surface area contributed by atoms with Crippen LogP contribution in [0.25, 0.3) is 10.2 Å². The molecule has 0 fully saturated rings. The molecular weight excluding hydrogens is 308 g/mol. The lowest BCUT2D eigenvalue weighted by atomic mass is 10.2. The lowest BCUT2D eigenvalue weighted by Crippen LogP contribution is -2.13.